The Labute approximate surface area is 98.0 Å². The van der Waals surface area contributed by atoms with Gasteiger partial charge in [-0.05, 0) is 24.9 Å². The fourth-order valence-electron chi connectivity index (χ4n) is 1.45. The molecule has 6 heteroatoms. The number of halogens is 1. The number of fused-ring (bicyclic) bond motifs is 1. The average Bonchev–Trinajstić information content (AvgIpc) is 2.65. The van der Waals surface area contributed by atoms with Crippen molar-refractivity contribution in [2.75, 3.05) is 5.32 Å². The summed E-state index contributed by atoms with van der Waals surface area (Å²) in [6.45, 7) is 5.73. The van der Waals surface area contributed by atoms with E-state index in [0.29, 0.717) is 11.5 Å². The average molecular weight is 238 g/mol. The highest BCUT2D eigenvalue weighted by molar-refractivity contribution is 6.28. The lowest BCUT2D eigenvalue weighted by Crippen LogP contribution is -2.15. The Hall–Kier alpha value is -1.62. The van der Waals surface area contributed by atoms with Crippen LogP contribution in [-0.2, 0) is 0 Å². The summed E-state index contributed by atoms with van der Waals surface area (Å²) in [5.74, 6) is 0.668. The van der Waals surface area contributed by atoms with Gasteiger partial charge in [-0.1, -0.05) is 6.08 Å². The van der Waals surface area contributed by atoms with Crippen molar-refractivity contribution in [2.45, 2.75) is 19.4 Å². The zero-order valence-corrected chi connectivity index (χ0v) is 9.62. The fraction of sp³-hybridized carbons (Fsp3) is 0.300. The summed E-state index contributed by atoms with van der Waals surface area (Å²) in [5, 5.41) is 3.42. The molecule has 2 aromatic rings. The maximum Gasteiger partial charge on any atom is 0.226 e. The Morgan fingerprint density at radius 1 is 1.62 bits per heavy atom. The van der Waals surface area contributed by atoms with Crippen molar-refractivity contribution < 1.29 is 0 Å². The first-order valence-electron chi connectivity index (χ1n) is 4.94. The molecule has 1 atom stereocenters. The Kier molecular flexibility index (Phi) is 3.05. The summed E-state index contributed by atoms with van der Waals surface area (Å²) in [4.78, 5) is 15.2. The molecule has 0 spiro atoms. The van der Waals surface area contributed by atoms with Gasteiger partial charge in [0.25, 0.3) is 0 Å². The lowest BCUT2D eigenvalue weighted by molar-refractivity contribution is 0.808. The Morgan fingerprint density at radius 2 is 2.44 bits per heavy atom. The molecule has 0 radical (unpaired) electrons. The van der Waals surface area contributed by atoms with Gasteiger partial charge in [-0.2, -0.15) is 9.97 Å². The number of hydrogen-bond donors (Lipinski definition) is 2. The highest BCUT2D eigenvalue weighted by Gasteiger charge is 2.10. The van der Waals surface area contributed by atoms with Crippen molar-refractivity contribution in [3.05, 3.63) is 24.3 Å². The van der Waals surface area contributed by atoms with Crippen molar-refractivity contribution in [3.8, 4) is 0 Å². The van der Waals surface area contributed by atoms with Gasteiger partial charge in [-0.15, -0.1) is 6.58 Å². The van der Waals surface area contributed by atoms with Crippen LogP contribution in [0.5, 0.6) is 0 Å². The highest BCUT2D eigenvalue weighted by atomic mass is 35.5. The molecule has 0 saturated carbocycles. The zero-order chi connectivity index (χ0) is 11.5. The fourth-order valence-corrected chi connectivity index (χ4v) is 1.62. The molecule has 0 amide bonds. The molecular formula is C10H12ClN5. The molecule has 5 nitrogen and oxygen atoms in total. The van der Waals surface area contributed by atoms with Gasteiger partial charge in [0, 0.05) is 6.04 Å². The largest absolute Gasteiger partial charge is 0.365 e. The van der Waals surface area contributed by atoms with E-state index in [0.717, 1.165) is 11.9 Å². The van der Waals surface area contributed by atoms with Gasteiger partial charge < -0.3 is 10.3 Å². The number of nitrogens with one attached hydrogen (secondary N) is 2. The van der Waals surface area contributed by atoms with Crippen molar-refractivity contribution in [1.82, 2.24) is 19.9 Å². The van der Waals surface area contributed by atoms with Gasteiger partial charge in [-0.3, -0.25) is 0 Å². The quantitative estimate of drug-likeness (QED) is 0.633. The molecule has 2 aromatic heterocycles. The van der Waals surface area contributed by atoms with Crippen LogP contribution in [0.25, 0.3) is 11.2 Å². The van der Waals surface area contributed by atoms with Crippen LogP contribution in [0.1, 0.15) is 13.3 Å². The topological polar surface area (TPSA) is 66.5 Å². The molecule has 2 rings (SSSR count). The highest BCUT2D eigenvalue weighted by Crippen LogP contribution is 2.19. The van der Waals surface area contributed by atoms with Crippen molar-refractivity contribution in [3.63, 3.8) is 0 Å². The SMILES string of the molecule is C=CCC(C)Nc1nc(Cl)nc2nc[nH]c12. The lowest BCUT2D eigenvalue weighted by Gasteiger charge is -2.12. The second-order valence-corrected chi connectivity index (χ2v) is 3.85. The van der Waals surface area contributed by atoms with E-state index in [2.05, 4.69) is 31.8 Å². The molecule has 16 heavy (non-hydrogen) atoms. The van der Waals surface area contributed by atoms with Crippen LogP contribution >= 0.6 is 11.6 Å². The third kappa shape index (κ3) is 2.14. The first-order chi connectivity index (χ1) is 7.70. The number of H-pyrrole nitrogens is 1. The third-order valence-corrected chi connectivity index (χ3v) is 2.33. The summed E-state index contributed by atoms with van der Waals surface area (Å²) in [6.07, 6.45) is 4.26. The Morgan fingerprint density at radius 3 is 3.19 bits per heavy atom. The van der Waals surface area contributed by atoms with Crippen LogP contribution in [0, 0.1) is 0 Å². The van der Waals surface area contributed by atoms with Gasteiger partial charge in [0.1, 0.15) is 5.52 Å². The minimum atomic E-state index is 0.188. The van der Waals surface area contributed by atoms with Crippen molar-refractivity contribution >= 4 is 28.6 Å². The van der Waals surface area contributed by atoms with Gasteiger partial charge in [0.15, 0.2) is 11.5 Å². The van der Waals surface area contributed by atoms with Crippen LogP contribution in [0.2, 0.25) is 5.28 Å². The predicted octanol–water partition coefficient (Wildman–Crippen LogP) is 2.38. The van der Waals surface area contributed by atoms with Gasteiger partial charge in [0.05, 0.1) is 6.33 Å². The summed E-state index contributed by atoms with van der Waals surface area (Å²) >= 11 is 5.80. The van der Waals surface area contributed by atoms with Crippen LogP contribution in [-0.4, -0.2) is 26.0 Å². The number of anilines is 1. The number of nitrogens with zero attached hydrogens (tertiary/aromatic N) is 3. The number of aromatic amines is 1. The molecule has 2 heterocycles. The maximum atomic E-state index is 5.80. The minimum Gasteiger partial charge on any atom is -0.365 e. The summed E-state index contributed by atoms with van der Waals surface area (Å²) < 4.78 is 0. The molecule has 0 aliphatic rings. The molecule has 0 fully saturated rings. The first-order valence-corrected chi connectivity index (χ1v) is 5.32. The molecule has 0 aromatic carbocycles. The standard InChI is InChI=1S/C10H12ClN5/c1-3-4-6(2)14-9-7-8(13-5-12-7)15-10(11)16-9/h3,5-6H,1,4H2,2H3,(H2,12,13,14,15,16). The molecule has 0 saturated heterocycles. The smallest absolute Gasteiger partial charge is 0.226 e. The van der Waals surface area contributed by atoms with Crippen molar-refractivity contribution in [2.24, 2.45) is 0 Å². The van der Waals surface area contributed by atoms with Gasteiger partial charge >= 0.3 is 0 Å². The summed E-state index contributed by atoms with van der Waals surface area (Å²) in [6, 6.07) is 0.231. The third-order valence-electron chi connectivity index (χ3n) is 2.16. The van der Waals surface area contributed by atoms with E-state index >= 15 is 0 Å². The van der Waals surface area contributed by atoms with E-state index in [9.17, 15) is 0 Å². The van der Waals surface area contributed by atoms with Crippen LogP contribution in [0.15, 0.2) is 19.0 Å². The van der Waals surface area contributed by atoms with Crippen LogP contribution in [0.4, 0.5) is 5.82 Å². The number of hydrogen-bond acceptors (Lipinski definition) is 4. The van der Waals surface area contributed by atoms with Crippen molar-refractivity contribution in [1.29, 1.82) is 0 Å². The van der Waals surface area contributed by atoms with E-state index < -0.39 is 0 Å². The monoisotopic (exact) mass is 237 g/mol. The Bertz CT molecular complexity index is 507. The number of aromatic nitrogens is 4. The van der Waals surface area contributed by atoms with Gasteiger partial charge in [0.2, 0.25) is 5.28 Å². The Balaban J connectivity index is 2.35. The molecule has 0 aliphatic heterocycles. The van der Waals surface area contributed by atoms with E-state index in [1.165, 1.54) is 0 Å². The van der Waals surface area contributed by atoms with Crippen LogP contribution < -0.4 is 5.32 Å². The molecular weight excluding hydrogens is 226 g/mol. The second kappa shape index (κ2) is 4.49. The summed E-state index contributed by atoms with van der Waals surface area (Å²) in [7, 11) is 0. The number of imidazole rings is 1. The van der Waals surface area contributed by atoms with Gasteiger partial charge in [-0.25, -0.2) is 4.98 Å². The lowest BCUT2D eigenvalue weighted by atomic mass is 10.2. The van der Waals surface area contributed by atoms with E-state index in [1.54, 1.807) is 6.33 Å². The second-order valence-electron chi connectivity index (χ2n) is 3.51. The first kappa shape index (κ1) is 10.9. The molecule has 84 valence electrons. The molecule has 0 bridgehead atoms. The summed E-state index contributed by atoms with van der Waals surface area (Å²) in [5.41, 5.74) is 1.33. The minimum absolute atomic E-state index is 0.188. The maximum absolute atomic E-state index is 5.80. The molecule has 2 N–H and O–H groups in total. The zero-order valence-electron chi connectivity index (χ0n) is 8.87. The molecule has 1 unspecified atom stereocenters. The normalized spacial score (nSPS) is 12.6. The van der Waals surface area contributed by atoms with E-state index in [1.807, 2.05) is 13.0 Å². The van der Waals surface area contributed by atoms with E-state index in [4.69, 9.17) is 11.6 Å². The molecule has 0 aliphatic carbocycles. The van der Waals surface area contributed by atoms with E-state index in [-0.39, 0.29) is 11.3 Å². The van der Waals surface area contributed by atoms with Crippen LogP contribution in [0.3, 0.4) is 0 Å². The number of rotatable bonds is 4. The predicted molar refractivity (Wildman–Crippen MR) is 64.6 cm³/mol.